The Morgan fingerprint density at radius 3 is 2.81 bits per heavy atom. The lowest BCUT2D eigenvalue weighted by molar-refractivity contribution is 0.0951. The zero-order valence-electron chi connectivity index (χ0n) is 13.6. The molecule has 0 spiro atoms. The summed E-state index contributed by atoms with van der Waals surface area (Å²) in [7, 11) is 0. The van der Waals surface area contributed by atoms with Gasteiger partial charge in [-0.25, -0.2) is 4.98 Å². The number of fused-ring (bicyclic) bond motifs is 1. The van der Waals surface area contributed by atoms with Gasteiger partial charge in [0.05, 0.1) is 0 Å². The second-order valence-corrected chi connectivity index (χ2v) is 6.17. The van der Waals surface area contributed by atoms with E-state index in [-0.39, 0.29) is 5.91 Å². The zero-order valence-corrected chi connectivity index (χ0v) is 14.4. The number of carbonyl (C=O) groups is 1. The Hall–Kier alpha value is -3.18. The van der Waals surface area contributed by atoms with E-state index in [4.69, 9.17) is 16.0 Å². The van der Waals surface area contributed by atoms with Crippen molar-refractivity contribution in [2.75, 3.05) is 0 Å². The summed E-state index contributed by atoms with van der Waals surface area (Å²) in [6.45, 7) is 0.398. The molecule has 1 N–H and O–H groups in total. The summed E-state index contributed by atoms with van der Waals surface area (Å²) in [5.41, 5.74) is 3.32. The van der Waals surface area contributed by atoms with E-state index in [1.54, 1.807) is 30.5 Å². The van der Waals surface area contributed by atoms with E-state index in [0.29, 0.717) is 39.8 Å². The van der Waals surface area contributed by atoms with Crippen molar-refractivity contribution in [2.45, 2.75) is 6.54 Å². The molecule has 6 heteroatoms. The molecule has 0 radical (unpaired) electrons. The summed E-state index contributed by atoms with van der Waals surface area (Å²) < 4.78 is 5.71. The van der Waals surface area contributed by atoms with Crippen molar-refractivity contribution in [1.82, 2.24) is 15.3 Å². The fourth-order valence-corrected chi connectivity index (χ4v) is 2.81. The number of nitrogens with one attached hydrogen (secondary N) is 1. The van der Waals surface area contributed by atoms with Crippen LogP contribution in [0.4, 0.5) is 0 Å². The summed E-state index contributed by atoms with van der Waals surface area (Å²) in [5, 5.41) is 3.52. The molecule has 1 amide bonds. The first-order valence-electron chi connectivity index (χ1n) is 8.04. The number of pyridine rings is 1. The summed E-state index contributed by atoms with van der Waals surface area (Å²) >= 11 is 5.96. The van der Waals surface area contributed by atoms with Crippen LogP contribution in [-0.2, 0) is 6.54 Å². The molecule has 0 bridgehead atoms. The molecule has 5 nitrogen and oxygen atoms in total. The predicted octanol–water partition coefficient (Wildman–Crippen LogP) is 4.47. The third-order valence-corrected chi connectivity index (χ3v) is 4.11. The van der Waals surface area contributed by atoms with Gasteiger partial charge in [0.1, 0.15) is 11.2 Å². The second kappa shape index (κ2) is 6.98. The lowest BCUT2D eigenvalue weighted by atomic mass is 10.2. The van der Waals surface area contributed by atoms with Gasteiger partial charge in [-0.05, 0) is 48.0 Å². The second-order valence-electron chi connectivity index (χ2n) is 5.73. The maximum Gasteiger partial charge on any atom is 0.251 e. The molecule has 128 valence electrons. The summed E-state index contributed by atoms with van der Waals surface area (Å²) in [4.78, 5) is 21.1. The van der Waals surface area contributed by atoms with E-state index in [9.17, 15) is 4.79 Å². The lowest BCUT2D eigenvalue weighted by Crippen LogP contribution is -2.22. The van der Waals surface area contributed by atoms with Crippen LogP contribution in [0.2, 0.25) is 5.02 Å². The van der Waals surface area contributed by atoms with E-state index in [1.807, 2.05) is 36.4 Å². The Balaban J connectivity index is 1.54. The Labute approximate surface area is 154 Å². The normalized spacial score (nSPS) is 10.8. The van der Waals surface area contributed by atoms with Crippen LogP contribution in [0.5, 0.6) is 0 Å². The minimum absolute atomic E-state index is 0.186. The molecular formula is C20H14ClN3O2. The summed E-state index contributed by atoms with van der Waals surface area (Å²) in [6.07, 6.45) is 1.68. The molecule has 2 aromatic carbocycles. The number of amides is 1. The molecule has 0 saturated heterocycles. The number of nitrogens with zero attached hydrogens (tertiary/aromatic N) is 2. The van der Waals surface area contributed by atoms with Gasteiger partial charge < -0.3 is 9.73 Å². The van der Waals surface area contributed by atoms with Gasteiger partial charge in [-0.15, -0.1) is 0 Å². The predicted molar refractivity (Wildman–Crippen MR) is 99.9 cm³/mol. The number of aromatic nitrogens is 2. The van der Waals surface area contributed by atoms with Gasteiger partial charge in [0.2, 0.25) is 5.89 Å². The molecule has 0 saturated carbocycles. The van der Waals surface area contributed by atoms with Gasteiger partial charge >= 0.3 is 0 Å². The Bertz CT molecular complexity index is 1080. The number of oxazole rings is 1. The van der Waals surface area contributed by atoms with Crippen LogP contribution in [0.15, 0.2) is 71.3 Å². The van der Waals surface area contributed by atoms with Crippen molar-refractivity contribution in [2.24, 2.45) is 0 Å². The molecular weight excluding hydrogens is 350 g/mol. The molecule has 4 rings (SSSR count). The van der Waals surface area contributed by atoms with Crippen molar-refractivity contribution in [3.8, 4) is 11.6 Å². The number of carbonyl (C=O) groups excluding carboxylic acids is 1. The first-order chi connectivity index (χ1) is 12.7. The van der Waals surface area contributed by atoms with Crippen LogP contribution in [0.3, 0.4) is 0 Å². The first kappa shape index (κ1) is 16.3. The van der Waals surface area contributed by atoms with Gasteiger partial charge in [-0.1, -0.05) is 29.8 Å². The molecule has 0 aliphatic rings. The SMILES string of the molecule is O=C(NCc1cccc(Cl)c1)c1ccc2oc(-c3ccccn3)nc2c1. The van der Waals surface area contributed by atoms with Gasteiger partial charge in [-0.2, -0.15) is 0 Å². The Morgan fingerprint density at radius 2 is 2.00 bits per heavy atom. The van der Waals surface area contributed by atoms with E-state index >= 15 is 0 Å². The zero-order chi connectivity index (χ0) is 17.9. The molecule has 0 aliphatic carbocycles. The van der Waals surface area contributed by atoms with E-state index in [0.717, 1.165) is 5.56 Å². The minimum Gasteiger partial charge on any atom is -0.435 e. The van der Waals surface area contributed by atoms with E-state index in [2.05, 4.69) is 15.3 Å². The summed E-state index contributed by atoms with van der Waals surface area (Å²) in [5.74, 6) is 0.242. The average molecular weight is 364 g/mol. The fraction of sp³-hybridized carbons (Fsp3) is 0.0500. The highest BCUT2D eigenvalue weighted by Crippen LogP contribution is 2.23. The average Bonchev–Trinajstić information content (AvgIpc) is 3.10. The largest absolute Gasteiger partial charge is 0.435 e. The molecule has 26 heavy (non-hydrogen) atoms. The van der Waals surface area contributed by atoms with Crippen molar-refractivity contribution in [1.29, 1.82) is 0 Å². The Morgan fingerprint density at radius 1 is 1.08 bits per heavy atom. The number of halogens is 1. The fourth-order valence-electron chi connectivity index (χ4n) is 2.60. The maximum atomic E-state index is 12.4. The van der Waals surface area contributed by atoms with Crippen LogP contribution >= 0.6 is 11.6 Å². The highest BCUT2D eigenvalue weighted by Gasteiger charge is 2.12. The molecule has 0 aliphatic heterocycles. The van der Waals surface area contributed by atoms with Crippen molar-refractivity contribution < 1.29 is 9.21 Å². The van der Waals surface area contributed by atoms with Crippen LogP contribution in [0.1, 0.15) is 15.9 Å². The first-order valence-corrected chi connectivity index (χ1v) is 8.41. The molecule has 4 aromatic rings. The van der Waals surface area contributed by atoms with E-state index < -0.39 is 0 Å². The van der Waals surface area contributed by atoms with E-state index in [1.165, 1.54) is 0 Å². The topological polar surface area (TPSA) is 68.0 Å². The molecule has 0 atom stereocenters. The molecule has 2 heterocycles. The van der Waals surface area contributed by atoms with Gasteiger partial charge in [0.25, 0.3) is 5.91 Å². The van der Waals surface area contributed by atoms with Crippen LogP contribution in [0, 0.1) is 0 Å². The van der Waals surface area contributed by atoms with Gasteiger partial charge in [0, 0.05) is 23.3 Å². The quantitative estimate of drug-likeness (QED) is 0.580. The highest BCUT2D eigenvalue weighted by molar-refractivity contribution is 6.30. The van der Waals surface area contributed by atoms with Crippen molar-refractivity contribution in [3.05, 3.63) is 83.0 Å². The van der Waals surface area contributed by atoms with Gasteiger partial charge in [0.15, 0.2) is 5.58 Å². The monoisotopic (exact) mass is 363 g/mol. The minimum atomic E-state index is -0.186. The van der Waals surface area contributed by atoms with Gasteiger partial charge in [-0.3, -0.25) is 9.78 Å². The third-order valence-electron chi connectivity index (χ3n) is 3.88. The number of hydrogen-bond acceptors (Lipinski definition) is 4. The highest BCUT2D eigenvalue weighted by atomic mass is 35.5. The maximum absolute atomic E-state index is 12.4. The number of hydrogen-bond donors (Lipinski definition) is 1. The van der Waals surface area contributed by atoms with Crippen LogP contribution < -0.4 is 5.32 Å². The lowest BCUT2D eigenvalue weighted by Gasteiger charge is -2.05. The van der Waals surface area contributed by atoms with Crippen LogP contribution in [-0.4, -0.2) is 15.9 Å². The molecule has 0 fully saturated rings. The molecule has 0 unspecified atom stereocenters. The van der Waals surface area contributed by atoms with Crippen molar-refractivity contribution in [3.63, 3.8) is 0 Å². The number of benzene rings is 2. The third kappa shape index (κ3) is 3.43. The summed E-state index contributed by atoms with van der Waals surface area (Å²) in [6, 6.07) is 18.1. The molecule has 2 aromatic heterocycles. The number of rotatable bonds is 4. The van der Waals surface area contributed by atoms with Crippen LogP contribution in [0.25, 0.3) is 22.7 Å². The standard InChI is InChI=1S/C20H14ClN3O2/c21-15-5-3-4-13(10-15)12-23-19(25)14-7-8-18-17(11-14)24-20(26-18)16-6-1-2-9-22-16/h1-11H,12H2,(H,23,25). The Kier molecular flexibility index (Phi) is 4.37. The van der Waals surface area contributed by atoms with Crippen molar-refractivity contribution >= 4 is 28.6 Å². The smallest absolute Gasteiger partial charge is 0.251 e.